The summed E-state index contributed by atoms with van der Waals surface area (Å²) in [5, 5.41) is 17.8. The molecule has 5 rings (SSSR count). The van der Waals surface area contributed by atoms with E-state index in [1.54, 1.807) is 26.4 Å². The van der Waals surface area contributed by atoms with Crippen molar-refractivity contribution in [3.05, 3.63) is 76.1 Å². The molecule has 2 aromatic carbocycles. The summed E-state index contributed by atoms with van der Waals surface area (Å²) < 4.78 is 16.6. The molecule has 2 atom stereocenters. The fourth-order valence-corrected chi connectivity index (χ4v) is 4.89. The highest BCUT2D eigenvalue weighted by Gasteiger charge is 2.42. The quantitative estimate of drug-likeness (QED) is 0.619. The van der Waals surface area contributed by atoms with Gasteiger partial charge < -0.3 is 24.4 Å². The number of ketones is 1. The molecule has 0 saturated heterocycles. The van der Waals surface area contributed by atoms with Crippen LogP contribution in [-0.4, -0.2) is 30.3 Å². The number of rotatable bonds is 4. The Morgan fingerprint density at radius 1 is 1.09 bits per heavy atom. The molecule has 1 aliphatic heterocycles. The van der Waals surface area contributed by atoms with Crippen molar-refractivity contribution in [1.82, 2.24) is 5.16 Å². The Labute approximate surface area is 185 Å². The number of ether oxygens (including phenoxy) is 2. The molecule has 1 aromatic heterocycles. The van der Waals surface area contributed by atoms with Gasteiger partial charge in [-0.15, -0.1) is 0 Å². The molecule has 7 nitrogen and oxygen atoms in total. The van der Waals surface area contributed by atoms with Crippen molar-refractivity contribution < 1.29 is 23.9 Å². The van der Waals surface area contributed by atoms with Gasteiger partial charge in [0.2, 0.25) is 5.88 Å². The van der Waals surface area contributed by atoms with E-state index in [4.69, 9.17) is 14.0 Å². The van der Waals surface area contributed by atoms with Crippen LogP contribution in [0.2, 0.25) is 0 Å². The zero-order valence-electron chi connectivity index (χ0n) is 18.1. The summed E-state index contributed by atoms with van der Waals surface area (Å²) in [7, 11) is 3.21. The van der Waals surface area contributed by atoms with Gasteiger partial charge in [0.25, 0.3) is 0 Å². The summed E-state index contributed by atoms with van der Waals surface area (Å²) in [6, 6.07) is 12.8. The Bertz CT molecular complexity index is 1240. The molecule has 7 heteroatoms. The molecule has 2 N–H and O–H groups in total. The lowest BCUT2D eigenvalue weighted by molar-refractivity contribution is -0.116. The molecule has 3 aromatic rings. The minimum absolute atomic E-state index is 0.0288. The Balaban J connectivity index is 1.66. The van der Waals surface area contributed by atoms with E-state index in [-0.39, 0.29) is 23.4 Å². The van der Waals surface area contributed by atoms with Crippen LogP contribution in [0, 0.1) is 6.92 Å². The number of fused-ring (bicyclic) bond motifs is 1. The lowest BCUT2D eigenvalue weighted by Gasteiger charge is -2.35. The SMILES string of the molecule is COc1ccc([C@@H]2C3=C(C[C@H](c4ccccc4O)CC3=O)Nc3onc(C)c32)c(OC)c1. The van der Waals surface area contributed by atoms with E-state index in [0.29, 0.717) is 35.8 Å². The Hall–Kier alpha value is -3.74. The summed E-state index contributed by atoms with van der Waals surface area (Å²) in [5.74, 6) is 1.58. The van der Waals surface area contributed by atoms with Crippen molar-refractivity contribution in [1.29, 1.82) is 0 Å². The first-order chi connectivity index (χ1) is 15.5. The van der Waals surface area contributed by atoms with E-state index in [9.17, 15) is 9.90 Å². The Morgan fingerprint density at radius 3 is 2.66 bits per heavy atom. The number of phenolic OH excluding ortho intramolecular Hbond substituents is 1. The maximum Gasteiger partial charge on any atom is 0.233 e. The minimum atomic E-state index is -0.369. The predicted molar refractivity (Wildman–Crippen MR) is 118 cm³/mol. The number of nitrogens with zero attached hydrogens (tertiary/aromatic N) is 1. The number of benzene rings is 2. The number of aromatic hydroxyl groups is 1. The summed E-state index contributed by atoms with van der Waals surface area (Å²) in [5.41, 5.74) is 4.66. The number of anilines is 1. The molecule has 2 aliphatic rings. The number of Topliss-reactive ketones (excluding diaryl/α,β-unsaturated/α-hetero) is 1. The van der Waals surface area contributed by atoms with Gasteiger partial charge in [-0.1, -0.05) is 29.4 Å². The molecule has 0 radical (unpaired) electrons. The fourth-order valence-electron chi connectivity index (χ4n) is 4.89. The monoisotopic (exact) mass is 432 g/mol. The number of nitrogens with one attached hydrogen (secondary N) is 1. The van der Waals surface area contributed by atoms with Crippen LogP contribution < -0.4 is 14.8 Å². The second-order valence-electron chi connectivity index (χ2n) is 8.16. The van der Waals surface area contributed by atoms with Crippen LogP contribution >= 0.6 is 0 Å². The number of aromatic nitrogens is 1. The highest BCUT2D eigenvalue weighted by atomic mass is 16.5. The van der Waals surface area contributed by atoms with Crippen LogP contribution in [0.4, 0.5) is 5.88 Å². The molecule has 1 aliphatic carbocycles. The van der Waals surface area contributed by atoms with Gasteiger partial charge in [-0.25, -0.2) is 0 Å². The molecule has 0 amide bonds. The lowest BCUT2D eigenvalue weighted by atomic mass is 9.72. The van der Waals surface area contributed by atoms with Gasteiger partial charge >= 0.3 is 0 Å². The van der Waals surface area contributed by atoms with Crippen molar-refractivity contribution in [2.45, 2.75) is 31.6 Å². The molecule has 164 valence electrons. The number of carbonyl (C=O) groups excluding carboxylic acids is 1. The van der Waals surface area contributed by atoms with E-state index in [1.165, 1.54) is 0 Å². The van der Waals surface area contributed by atoms with E-state index >= 15 is 0 Å². The van der Waals surface area contributed by atoms with Crippen molar-refractivity contribution in [2.75, 3.05) is 19.5 Å². The van der Waals surface area contributed by atoms with Crippen molar-refractivity contribution in [3.63, 3.8) is 0 Å². The molecule has 0 spiro atoms. The van der Waals surface area contributed by atoms with E-state index in [2.05, 4.69) is 10.5 Å². The van der Waals surface area contributed by atoms with Gasteiger partial charge in [-0.2, -0.15) is 0 Å². The summed E-state index contributed by atoms with van der Waals surface area (Å²) in [6.07, 6.45) is 0.888. The van der Waals surface area contributed by atoms with Gasteiger partial charge in [0.05, 0.1) is 31.4 Å². The number of methoxy groups -OCH3 is 2. The van der Waals surface area contributed by atoms with E-state index in [1.807, 2.05) is 37.3 Å². The molecule has 0 bridgehead atoms. The van der Waals surface area contributed by atoms with Gasteiger partial charge in [0.1, 0.15) is 17.2 Å². The highest BCUT2D eigenvalue weighted by molar-refractivity contribution is 6.01. The third-order valence-electron chi connectivity index (χ3n) is 6.39. The normalized spacial score (nSPS) is 19.8. The zero-order chi connectivity index (χ0) is 22.4. The summed E-state index contributed by atoms with van der Waals surface area (Å²) >= 11 is 0. The zero-order valence-corrected chi connectivity index (χ0v) is 18.1. The number of hydrogen-bond acceptors (Lipinski definition) is 7. The smallest absolute Gasteiger partial charge is 0.233 e. The first kappa shape index (κ1) is 20.2. The van der Waals surface area contributed by atoms with Crippen LogP contribution in [0.25, 0.3) is 0 Å². The van der Waals surface area contributed by atoms with Crippen LogP contribution in [0.5, 0.6) is 17.2 Å². The summed E-state index contributed by atoms with van der Waals surface area (Å²) in [6.45, 7) is 1.87. The summed E-state index contributed by atoms with van der Waals surface area (Å²) in [4.78, 5) is 13.6. The number of hydrogen-bond donors (Lipinski definition) is 2. The lowest BCUT2D eigenvalue weighted by Crippen LogP contribution is -2.29. The number of phenols is 1. The average molecular weight is 432 g/mol. The molecule has 0 unspecified atom stereocenters. The van der Waals surface area contributed by atoms with Gasteiger partial charge in [0.15, 0.2) is 5.78 Å². The second-order valence-corrected chi connectivity index (χ2v) is 8.16. The maximum atomic E-state index is 13.6. The van der Waals surface area contributed by atoms with Gasteiger partial charge in [-0.3, -0.25) is 4.79 Å². The number of para-hydroxylation sites is 1. The molecular formula is C25H24N2O5. The Morgan fingerprint density at radius 2 is 1.91 bits per heavy atom. The first-order valence-electron chi connectivity index (χ1n) is 10.5. The highest BCUT2D eigenvalue weighted by Crippen LogP contribution is 2.51. The first-order valence-corrected chi connectivity index (χ1v) is 10.5. The molecular weight excluding hydrogens is 408 g/mol. The number of aryl methyl sites for hydroxylation is 1. The molecule has 2 heterocycles. The molecule has 32 heavy (non-hydrogen) atoms. The topological polar surface area (TPSA) is 93.8 Å². The third kappa shape index (κ3) is 3.12. The Kier molecular flexibility index (Phi) is 4.89. The number of allylic oxidation sites excluding steroid dienone is 2. The van der Waals surface area contributed by atoms with Crippen LogP contribution in [0.3, 0.4) is 0 Å². The predicted octanol–water partition coefficient (Wildman–Crippen LogP) is 4.66. The van der Waals surface area contributed by atoms with Crippen LogP contribution in [0.1, 0.15) is 47.1 Å². The maximum absolute atomic E-state index is 13.6. The van der Waals surface area contributed by atoms with Crippen molar-refractivity contribution in [3.8, 4) is 17.2 Å². The van der Waals surface area contributed by atoms with E-state index in [0.717, 1.165) is 28.1 Å². The third-order valence-corrected chi connectivity index (χ3v) is 6.39. The standard InChI is InChI=1S/C25H24N2O5/c1-13-22-23(17-9-8-15(30-2)12-21(17)31-3)24-18(26-25(22)32-27-13)10-14(11-20(24)29)16-6-4-5-7-19(16)28/h4-9,12,14,23,26,28H,10-11H2,1-3H3/t14-,23-/m0/s1. The minimum Gasteiger partial charge on any atom is -0.508 e. The van der Waals surface area contributed by atoms with Crippen molar-refractivity contribution in [2.24, 2.45) is 0 Å². The fraction of sp³-hybridized carbons (Fsp3) is 0.280. The van der Waals surface area contributed by atoms with Crippen LogP contribution in [0.15, 0.2) is 58.3 Å². The van der Waals surface area contributed by atoms with Gasteiger partial charge in [0, 0.05) is 35.2 Å². The average Bonchev–Trinajstić information content (AvgIpc) is 3.17. The van der Waals surface area contributed by atoms with Gasteiger partial charge in [-0.05, 0) is 31.0 Å². The molecule has 0 fully saturated rings. The van der Waals surface area contributed by atoms with Crippen LogP contribution in [-0.2, 0) is 4.79 Å². The van der Waals surface area contributed by atoms with E-state index < -0.39 is 0 Å². The van der Waals surface area contributed by atoms with Crippen molar-refractivity contribution >= 4 is 11.7 Å². The molecule has 0 saturated carbocycles. The second kappa shape index (κ2) is 7.75. The largest absolute Gasteiger partial charge is 0.508 e. The number of carbonyl (C=O) groups is 1.